The van der Waals surface area contributed by atoms with E-state index in [0.29, 0.717) is 12.3 Å². The Hall–Kier alpha value is -2.65. The van der Waals surface area contributed by atoms with Crippen LogP contribution in [0.5, 0.6) is 0 Å². The number of nitrogens with zero attached hydrogens (tertiary/aromatic N) is 2. The Bertz CT molecular complexity index is 753. The van der Waals surface area contributed by atoms with Gasteiger partial charge in [-0.2, -0.15) is 5.26 Å². The zero-order chi connectivity index (χ0) is 13.8. The van der Waals surface area contributed by atoms with Crippen LogP contribution < -0.4 is 11.2 Å². The lowest BCUT2D eigenvalue weighted by molar-refractivity contribution is 0.185. The number of nitriles is 1. The molecule has 2 rings (SSSR count). The Morgan fingerprint density at radius 1 is 1.42 bits per heavy atom. The van der Waals surface area contributed by atoms with Crippen molar-refractivity contribution in [1.29, 1.82) is 5.26 Å². The normalized spacial score (nSPS) is 10.1. The minimum absolute atomic E-state index is 0.114. The van der Waals surface area contributed by atoms with Gasteiger partial charge in [0.15, 0.2) is 0 Å². The Balaban J connectivity index is 2.59. The van der Waals surface area contributed by atoms with Crippen molar-refractivity contribution in [3.63, 3.8) is 0 Å². The molecule has 0 bridgehead atoms. The van der Waals surface area contributed by atoms with Gasteiger partial charge in [0.25, 0.3) is 5.56 Å². The Kier molecular flexibility index (Phi) is 3.59. The highest BCUT2D eigenvalue weighted by Crippen LogP contribution is 2.09. The number of benzene rings is 1. The lowest BCUT2D eigenvalue weighted by Crippen LogP contribution is -2.30. The predicted octanol–water partition coefficient (Wildman–Crippen LogP) is 0.544. The molecule has 0 saturated heterocycles. The van der Waals surface area contributed by atoms with Gasteiger partial charge in [0.1, 0.15) is 11.6 Å². The molecule has 0 amide bonds. The minimum atomic E-state index is -0.684. The van der Waals surface area contributed by atoms with Crippen LogP contribution in [0.25, 0.3) is 5.69 Å². The summed E-state index contributed by atoms with van der Waals surface area (Å²) < 4.78 is 6.24. The van der Waals surface area contributed by atoms with Crippen LogP contribution in [0.15, 0.2) is 40.1 Å². The largest absolute Gasteiger partial charge is 0.380 e. The third-order valence-electron chi connectivity index (χ3n) is 2.56. The molecule has 0 saturated carbocycles. The standard InChI is InChI=1S/C13H11N3O3/c1-19-8-9-3-2-4-11(5-9)16-7-10(6-14)12(17)15-13(16)18/h2-5,7H,8H2,1H3,(H,15,17,18). The first kappa shape index (κ1) is 12.8. The molecule has 0 radical (unpaired) electrons. The summed E-state index contributed by atoms with van der Waals surface area (Å²) in [6, 6.07) is 8.83. The van der Waals surface area contributed by atoms with E-state index in [-0.39, 0.29) is 5.56 Å². The van der Waals surface area contributed by atoms with Gasteiger partial charge in [-0.1, -0.05) is 12.1 Å². The van der Waals surface area contributed by atoms with E-state index < -0.39 is 11.2 Å². The zero-order valence-electron chi connectivity index (χ0n) is 10.2. The maximum absolute atomic E-state index is 11.7. The topological polar surface area (TPSA) is 87.9 Å². The van der Waals surface area contributed by atoms with Gasteiger partial charge in [-0.3, -0.25) is 14.3 Å². The third kappa shape index (κ3) is 2.61. The second kappa shape index (κ2) is 5.33. The number of hydrogen-bond donors (Lipinski definition) is 1. The van der Waals surface area contributed by atoms with Gasteiger partial charge < -0.3 is 4.74 Å². The smallest absolute Gasteiger partial charge is 0.332 e. The van der Waals surface area contributed by atoms with E-state index in [4.69, 9.17) is 10.00 Å². The number of aromatic amines is 1. The average molecular weight is 257 g/mol. The fourth-order valence-electron chi connectivity index (χ4n) is 1.71. The summed E-state index contributed by atoms with van der Waals surface area (Å²) in [5.41, 5.74) is 0.0658. The van der Waals surface area contributed by atoms with Crippen molar-refractivity contribution >= 4 is 0 Å². The van der Waals surface area contributed by atoms with Gasteiger partial charge in [0, 0.05) is 13.3 Å². The quantitative estimate of drug-likeness (QED) is 0.869. The highest BCUT2D eigenvalue weighted by molar-refractivity contribution is 5.37. The molecule has 0 unspecified atom stereocenters. The first-order valence-electron chi connectivity index (χ1n) is 5.50. The lowest BCUT2D eigenvalue weighted by Gasteiger charge is -2.07. The number of ether oxygens (including phenoxy) is 1. The highest BCUT2D eigenvalue weighted by atomic mass is 16.5. The molecular weight excluding hydrogens is 246 g/mol. The van der Waals surface area contributed by atoms with Gasteiger partial charge in [0.05, 0.1) is 12.3 Å². The average Bonchev–Trinajstić information content (AvgIpc) is 2.39. The second-order valence-corrected chi connectivity index (χ2v) is 3.89. The van der Waals surface area contributed by atoms with E-state index in [0.717, 1.165) is 5.56 Å². The number of aromatic nitrogens is 2. The van der Waals surface area contributed by atoms with Crippen LogP contribution in [0.3, 0.4) is 0 Å². The van der Waals surface area contributed by atoms with Crippen molar-refractivity contribution in [2.24, 2.45) is 0 Å². The molecule has 2 aromatic rings. The fourth-order valence-corrected chi connectivity index (χ4v) is 1.71. The number of nitrogens with one attached hydrogen (secondary N) is 1. The van der Waals surface area contributed by atoms with Crippen molar-refractivity contribution in [3.8, 4) is 11.8 Å². The summed E-state index contributed by atoms with van der Waals surface area (Å²) in [4.78, 5) is 25.2. The number of hydrogen-bond acceptors (Lipinski definition) is 4. The van der Waals surface area contributed by atoms with Crippen molar-refractivity contribution in [2.75, 3.05) is 7.11 Å². The Morgan fingerprint density at radius 3 is 2.89 bits per heavy atom. The van der Waals surface area contributed by atoms with Crippen LogP contribution >= 0.6 is 0 Å². The molecule has 6 nitrogen and oxygen atoms in total. The minimum Gasteiger partial charge on any atom is -0.380 e. The summed E-state index contributed by atoms with van der Waals surface area (Å²) in [5.74, 6) is 0. The molecule has 1 N–H and O–H groups in total. The molecule has 1 aromatic heterocycles. The summed E-state index contributed by atoms with van der Waals surface area (Å²) in [5, 5.41) is 8.81. The summed E-state index contributed by atoms with van der Waals surface area (Å²) in [7, 11) is 1.58. The van der Waals surface area contributed by atoms with Gasteiger partial charge in [0.2, 0.25) is 0 Å². The van der Waals surface area contributed by atoms with Crippen LogP contribution in [-0.4, -0.2) is 16.7 Å². The third-order valence-corrected chi connectivity index (χ3v) is 2.56. The zero-order valence-corrected chi connectivity index (χ0v) is 10.2. The van der Waals surface area contributed by atoms with E-state index in [1.165, 1.54) is 10.8 Å². The van der Waals surface area contributed by atoms with Gasteiger partial charge >= 0.3 is 5.69 Å². The van der Waals surface area contributed by atoms with Crippen LogP contribution in [0.1, 0.15) is 11.1 Å². The molecule has 19 heavy (non-hydrogen) atoms. The van der Waals surface area contributed by atoms with Gasteiger partial charge in [-0.15, -0.1) is 0 Å². The van der Waals surface area contributed by atoms with E-state index >= 15 is 0 Å². The maximum atomic E-state index is 11.7. The SMILES string of the molecule is COCc1cccc(-n2cc(C#N)c(=O)[nH]c2=O)c1. The molecule has 0 spiro atoms. The van der Waals surface area contributed by atoms with Crippen LogP contribution in [0.2, 0.25) is 0 Å². The van der Waals surface area contributed by atoms with E-state index in [9.17, 15) is 9.59 Å². The van der Waals surface area contributed by atoms with E-state index in [1.54, 1.807) is 31.4 Å². The monoisotopic (exact) mass is 257 g/mol. The van der Waals surface area contributed by atoms with Crippen LogP contribution in [-0.2, 0) is 11.3 Å². The van der Waals surface area contributed by atoms with Crippen molar-refractivity contribution in [2.45, 2.75) is 6.61 Å². The number of methoxy groups -OCH3 is 1. The molecular formula is C13H11N3O3. The Morgan fingerprint density at radius 2 is 2.21 bits per heavy atom. The molecule has 0 fully saturated rings. The molecule has 1 heterocycles. The molecule has 96 valence electrons. The molecule has 0 aliphatic carbocycles. The van der Waals surface area contributed by atoms with E-state index in [1.807, 2.05) is 6.07 Å². The van der Waals surface area contributed by atoms with E-state index in [2.05, 4.69) is 4.98 Å². The van der Waals surface area contributed by atoms with Crippen molar-refractivity contribution in [1.82, 2.24) is 9.55 Å². The summed E-state index contributed by atoms with van der Waals surface area (Å²) >= 11 is 0. The first-order chi connectivity index (χ1) is 9.15. The summed E-state index contributed by atoms with van der Waals surface area (Å²) in [6.07, 6.45) is 1.23. The molecule has 0 aliphatic rings. The number of rotatable bonds is 3. The van der Waals surface area contributed by atoms with Gasteiger partial charge in [-0.05, 0) is 17.7 Å². The molecule has 1 aromatic carbocycles. The van der Waals surface area contributed by atoms with Crippen molar-refractivity contribution in [3.05, 3.63) is 62.4 Å². The molecule has 6 heteroatoms. The van der Waals surface area contributed by atoms with Crippen LogP contribution in [0, 0.1) is 11.3 Å². The highest BCUT2D eigenvalue weighted by Gasteiger charge is 2.06. The Labute approximate surface area is 108 Å². The van der Waals surface area contributed by atoms with Crippen LogP contribution in [0.4, 0.5) is 0 Å². The second-order valence-electron chi connectivity index (χ2n) is 3.89. The predicted molar refractivity (Wildman–Crippen MR) is 68.1 cm³/mol. The first-order valence-corrected chi connectivity index (χ1v) is 5.50. The summed E-state index contributed by atoms with van der Waals surface area (Å²) in [6.45, 7) is 0.414. The molecule has 0 atom stereocenters. The lowest BCUT2D eigenvalue weighted by atomic mass is 10.2. The molecule has 0 aliphatic heterocycles. The fraction of sp³-hybridized carbons (Fsp3) is 0.154. The van der Waals surface area contributed by atoms with Gasteiger partial charge in [-0.25, -0.2) is 4.79 Å². The maximum Gasteiger partial charge on any atom is 0.332 e. The number of H-pyrrole nitrogens is 1. The van der Waals surface area contributed by atoms with Crippen molar-refractivity contribution < 1.29 is 4.74 Å².